The number of aryl methyl sites for hydroxylation is 2. The van der Waals surface area contributed by atoms with Gasteiger partial charge in [-0.3, -0.25) is 14.6 Å². The number of carbonyl (C=O) groups excluding carboxylic acids is 1. The fourth-order valence-corrected chi connectivity index (χ4v) is 4.05. The number of hydrogen-bond acceptors (Lipinski definition) is 9. The molecule has 0 aromatic carbocycles. The summed E-state index contributed by atoms with van der Waals surface area (Å²) in [7, 11) is 0. The highest BCUT2D eigenvalue weighted by molar-refractivity contribution is 7.98. The second-order valence-electron chi connectivity index (χ2n) is 7.05. The molecule has 0 atom stereocenters. The van der Waals surface area contributed by atoms with E-state index in [2.05, 4.69) is 15.0 Å². The van der Waals surface area contributed by atoms with Gasteiger partial charge in [-0.2, -0.15) is 9.97 Å². The highest BCUT2D eigenvalue weighted by atomic mass is 32.2. The number of aliphatic carboxylic acids is 1. The van der Waals surface area contributed by atoms with Crippen LogP contribution in [0.25, 0.3) is 0 Å². The van der Waals surface area contributed by atoms with Crippen LogP contribution in [0.1, 0.15) is 48.1 Å². The normalized spacial score (nSPS) is 12.2. The summed E-state index contributed by atoms with van der Waals surface area (Å²) < 4.78 is 16.3. The molecule has 31 heavy (non-hydrogen) atoms. The van der Waals surface area contributed by atoms with Crippen LogP contribution in [0.3, 0.4) is 0 Å². The monoisotopic (exact) mass is 447 g/mol. The van der Waals surface area contributed by atoms with Crippen LogP contribution in [0.15, 0.2) is 17.4 Å². The molecule has 0 aliphatic carbocycles. The van der Waals surface area contributed by atoms with Crippen molar-refractivity contribution in [3.8, 4) is 11.8 Å². The number of nitrogens with zero attached hydrogens (tertiary/aromatic N) is 3. The Balaban J connectivity index is 1.56. The molecule has 0 spiro atoms. The topological polar surface area (TPSA) is 121 Å². The van der Waals surface area contributed by atoms with Gasteiger partial charge in [-0.1, -0.05) is 11.8 Å². The predicted molar refractivity (Wildman–Crippen MR) is 112 cm³/mol. The number of ether oxygens (including phenoxy) is 3. The van der Waals surface area contributed by atoms with Crippen LogP contribution in [0.5, 0.6) is 11.8 Å². The maximum Gasteiger partial charge on any atom is 0.308 e. The highest BCUT2D eigenvalue weighted by Gasteiger charge is 2.23. The molecular weight excluding hydrogens is 422 g/mol. The van der Waals surface area contributed by atoms with Gasteiger partial charge in [-0.25, -0.2) is 0 Å². The molecule has 3 rings (SSSR count). The summed E-state index contributed by atoms with van der Waals surface area (Å²) in [4.78, 5) is 35.6. The standard InChI is InChI=1S/C21H25N3O6S/c1-13-7-9-22-14(2)16(13)11-31-21-23-19-15(8-10-28-19)20(24-21)30-12-29-18(27)6-4-3-5-17(25)26/h7,9H,3-6,8,10-12H2,1-2H3,(H,25,26). The molecule has 1 aliphatic heterocycles. The molecule has 0 unspecified atom stereocenters. The highest BCUT2D eigenvalue weighted by Crippen LogP contribution is 2.34. The third kappa shape index (κ3) is 6.55. The van der Waals surface area contributed by atoms with E-state index in [0.29, 0.717) is 48.5 Å². The number of fused-ring (bicyclic) bond motifs is 1. The quantitative estimate of drug-likeness (QED) is 0.181. The van der Waals surface area contributed by atoms with E-state index < -0.39 is 11.9 Å². The van der Waals surface area contributed by atoms with E-state index in [-0.39, 0.29) is 19.6 Å². The number of hydrogen-bond donors (Lipinski definition) is 1. The van der Waals surface area contributed by atoms with E-state index in [0.717, 1.165) is 22.4 Å². The fourth-order valence-electron chi connectivity index (χ4n) is 3.04. The Morgan fingerprint density at radius 2 is 2.03 bits per heavy atom. The van der Waals surface area contributed by atoms with Crippen molar-refractivity contribution in [3.05, 3.63) is 34.6 Å². The Bertz CT molecular complexity index is 933. The van der Waals surface area contributed by atoms with E-state index in [9.17, 15) is 9.59 Å². The van der Waals surface area contributed by atoms with E-state index in [1.165, 1.54) is 11.8 Å². The molecule has 3 heterocycles. The van der Waals surface area contributed by atoms with Crippen LogP contribution in [-0.4, -0.2) is 45.4 Å². The van der Waals surface area contributed by atoms with Crippen molar-refractivity contribution in [2.75, 3.05) is 13.4 Å². The van der Waals surface area contributed by atoms with Crippen LogP contribution in [-0.2, 0) is 26.5 Å². The van der Waals surface area contributed by atoms with Gasteiger partial charge in [0.2, 0.25) is 18.6 Å². The van der Waals surface area contributed by atoms with Crippen molar-refractivity contribution in [2.24, 2.45) is 0 Å². The molecule has 2 aromatic heterocycles. The van der Waals surface area contributed by atoms with Crippen molar-refractivity contribution in [2.45, 2.75) is 56.9 Å². The minimum Gasteiger partial charge on any atom is -0.481 e. The van der Waals surface area contributed by atoms with Gasteiger partial charge in [0.25, 0.3) is 0 Å². The maximum atomic E-state index is 11.8. The molecule has 0 amide bonds. The number of esters is 1. The molecule has 0 bridgehead atoms. The summed E-state index contributed by atoms with van der Waals surface area (Å²) >= 11 is 1.46. The summed E-state index contributed by atoms with van der Waals surface area (Å²) in [6, 6.07) is 1.97. The summed E-state index contributed by atoms with van der Waals surface area (Å²) in [5.41, 5.74) is 4.02. The number of pyridine rings is 1. The largest absolute Gasteiger partial charge is 0.481 e. The number of rotatable bonds is 11. The van der Waals surface area contributed by atoms with Crippen molar-refractivity contribution >= 4 is 23.7 Å². The lowest BCUT2D eigenvalue weighted by molar-refractivity contribution is -0.150. The van der Waals surface area contributed by atoms with Gasteiger partial charge in [0.15, 0.2) is 5.16 Å². The van der Waals surface area contributed by atoms with Crippen molar-refractivity contribution in [1.29, 1.82) is 0 Å². The van der Waals surface area contributed by atoms with Gasteiger partial charge in [0, 0.05) is 36.9 Å². The Morgan fingerprint density at radius 1 is 1.23 bits per heavy atom. The first-order valence-electron chi connectivity index (χ1n) is 10.0. The number of carboxylic acid groups (broad SMARTS) is 1. The molecule has 2 aromatic rings. The van der Waals surface area contributed by atoms with Gasteiger partial charge in [0.1, 0.15) is 0 Å². The third-order valence-corrected chi connectivity index (χ3v) is 5.66. The molecule has 0 radical (unpaired) electrons. The Labute approximate surface area is 184 Å². The lowest BCUT2D eigenvalue weighted by atomic mass is 10.1. The number of aromatic nitrogens is 3. The average Bonchev–Trinajstić information content (AvgIpc) is 3.19. The van der Waals surface area contributed by atoms with Crippen LogP contribution < -0.4 is 9.47 Å². The molecule has 0 saturated carbocycles. The first-order chi connectivity index (χ1) is 14.9. The molecule has 1 N–H and O–H groups in total. The smallest absolute Gasteiger partial charge is 0.308 e. The molecule has 166 valence electrons. The zero-order valence-corrected chi connectivity index (χ0v) is 18.4. The van der Waals surface area contributed by atoms with Crippen LogP contribution in [0.4, 0.5) is 0 Å². The van der Waals surface area contributed by atoms with Crippen LogP contribution in [0.2, 0.25) is 0 Å². The van der Waals surface area contributed by atoms with Crippen molar-refractivity contribution in [1.82, 2.24) is 15.0 Å². The SMILES string of the molecule is Cc1ccnc(C)c1CSc1nc2c(c(OCOC(=O)CCCCC(=O)O)n1)CCO2. The minimum atomic E-state index is -0.876. The summed E-state index contributed by atoms with van der Waals surface area (Å²) in [5.74, 6) is 0.189. The lowest BCUT2D eigenvalue weighted by Gasteiger charge is -2.11. The van der Waals surface area contributed by atoms with Crippen LogP contribution in [0, 0.1) is 13.8 Å². The maximum absolute atomic E-state index is 11.8. The first-order valence-corrected chi connectivity index (χ1v) is 11.0. The zero-order chi connectivity index (χ0) is 22.2. The molecular formula is C21H25N3O6S. The minimum absolute atomic E-state index is 0.0371. The van der Waals surface area contributed by atoms with Crippen molar-refractivity contribution in [3.63, 3.8) is 0 Å². The first kappa shape index (κ1) is 22.8. The molecule has 1 aliphatic rings. The molecule has 10 heteroatoms. The second kappa shape index (κ2) is 10.9. The number of unbranched alkanes of at least 4 members (excludes halogenated alkanes) is 1. The van der Waals surface area contributed by atoms with E-state index in [4.69, 9.17) is 19.3 Å². The van der Waals surface area contributed by atoms with Gasteiger partial charge in [-0.15, -0.1) is 0 Å². The van der Waals surface area contributed by atoms with Gasteiger partial charge >= 0.3 is 11.9 Å². The number of carboxylic acids is 1. The van der Waals surface area contributed by atoms with Gasteiger partial charge in [0.05, 0.1) is 12.2 Å². The van der Waals surface area contributed by atoms with E-state index in [1.54, 1.807) is 6.20 Å². The van der Waals surface area contributed by atoms with E-state index in [1.807, 2.05) is 19.9 Å². The van der Waals surface area contributed by atoms with Gasteiger partial charge in [-0.05, 0) is 43.9 Å². The second-order valence-corrected chi connectivity index (χ2v) is 8.00. The summed E-state index contributed by atoms with van der Waals surface area (Å²) in [6.45, 7) is 4.24. The van der Waals surface area contributed by atoms with Gasteiger partial charge < -0.3 is 19.3 Å². The fraction of sp³-hybridized carbons (Fsp3) is 0.476. The number of carbonyl (C=O) groups is 2. The Morgan fingerprint density at radius 3 is 2.81 bits per heavy atom. The zero-order valence-electron chi connectivity index (χ0n) is 17.5. The summed E-state index contributed by atoms with van der Waals surface area (Å²) in [6.07, 6.45) is 3.48. The summed E-state index contributed by atoms with van der Waals surface area (Å²) in [5, 5.41) is 9.12. The average molecular weight is 448 g/mol. The Kier molecular flexibility index (Phi) is 8.05. The number of thioether (sulfide) groups is 1. The third-order valence-electron chi connectivity index (χ3n) is 4.79. The molecule has 9 nitrogen and oxygen atoms in total. The van der Waals surface area contributed by atoms with Crippen LogP contribution >= 0.6 is 11.8 Å². The molecule has 0 fully saturated rings. The Hall–Kier alpha value is -2.88. The van der Waals surface area contributed by atoms with E-state index >= 15 is 0 Å². The van der Waals surface area contributed by atoms with Crippen molar-refractivity contribution < 1.29 is 28.9 Å². The predicted octanol–water partition coefficient (Wildman–Crippen LogP) is 3.24. The lowest BCUT2D eigenvalue weighted by Crippen LogP contribution is -2.12. The molecule has 0 saturated heterocycles.